The number of thiophene rings is 1. The first kappa shape index (κ1) is 21.3. The van der Waals surface area contributed by atoms with Crippen molar-refractivity contribution in [1.29, 1.82) is 0 Å². The normalized spacial score (nSPS) is 11.5. The Labute approximate surface area is 217 Å². The number of rotatable bonds is 3. The Morgan fingerprint density at radius 1 is 0.528 bits per heavy atom. The standard InChI is InChI=1S/C32H19ClN2S/c33-29-19-28(23-17-16-20-8-4-5-11-22(20)18-23)34-32(35-29)27-15-7-14-26-25-13-6-12-24(30(25)36-31(26)27)21-9-2-1-3-10-21/h1-19H. The third-order valence-corrected chi connectivity index (χ3v) is 8.07. The van der Waals surface area contributed by atoms with E-state index in [9.17, 15) is 0 Å². The molecule has 36 heavy (non-hydrogen) atoms. The second-order valence-corrected chi connectivity index (χ2v) is 10.2. The summed E-state index contributed by atoms with van der Waals surface area (Å²) < 4.78 is 2.44. The van der Waals surface area contributed by atoms with Crippen LogP contribution in [0.2, 0.25) is 5.15 Å². The molecule has 0 amide bonds. The molecule has 2 nitrogen and oxygen atoms in total. The molecule has 4 heteroatoms. The highest BCUT2D eigenvalue weighted by atomic mass is 35.5. The van der Waals surface area contributed by atoms with Crippen LogP contribution in [0.4, 0.5) is 0 Å². The summed E-state index contributed by atoms with van der Waals surface area (Å²) in [5.41, 5.74) is 5.29. The Hall–Kier alpha value is -4.05. The predicted molar refractivity (Wildman–Crippen MR) is 154 cm³/mol. The van der Waals surface area contributed by atoms with Crippen LogP contribution in [0.15, 0.2) is 115 Å². The van der Waals surface area contributed by atoms with Gasteiger partial charge in [-0.1, -0.05) is 109 Å². The van der Waals surface area contributed by atoms with E-state index in [0.717, 1.165) is 16.8 Å². The third kappa shape index (κ3) is 3.56. The van der Waals surface area contributed by atoms with Crippen molar-refractivity contribution < 1.29 is 0 Å². The summed E-state index contributed by atoms with van der Waals surface area (Å²) in [5, 5.41) is 5.26. The van der Waals surface area contributed by atoms with Crippen LogP contribution in [0.1, 0.15) is 0 Å². The van der Waals surface area contributed by atoms with E-state index in [1.54, 1.807) is 11.3 Å². The second-order valence-electron chi connectivity index (χ2n) is 8.79. The van der Waals surface area contributed by atoms with Crippen LogP contribution in [0.3, 0.4) is 0 Å². The lowest BCUT2D eigenvalue weighted by Crippen LogP contribution is -1.93. The van der Waals surface area contributed by atoms with Gasteiger partial charge in [0.1, 0.15) is 5.15 Å². The van der Waals surface area contributed by atoms with Gasteiger partial charge >= 0.3 is 0 Å². The molecule has 2 heterocycles. The highest BCUT2D eigenvalue weighted by Gasteiger charge is 2.16. The number of hydrogen-bond donors (Lipinski definition) is 0. The van der Waals surface area contributed by atoms with Crippen LogP contribution >= 0.6 is 22.9 Å². The van der Waals surface area contributed by atoms with E-state index in [0.29, 0.717) is 11.0 Å². The molecule has 0 saturated heterocycles. The van der Waals surface area contributed by atoms with Crippen LogP contribution in [-0.4, -0.2) is 9.97 Å². The third-order valence-electron chi connectivity index (χ3n) is 6.59. The van der Waals surface area contributed by atoms with Crippen molar-refractivity contribution >= 4 is 53.9 Å². The summed E-state index contributed by atoms with van der Waals surface area (Å²) in [4.78, 5) is 9.65. The molecule has 5 aromatic carbocycles. The first-order chi connectivity index (χ1) is 17.7. The summed E-state index contributed by atoms with van der Waals surface area (Å²) in [7, 11) is 0. The van der Waals surface area contributed by atoms with E-state index in [1.165, 1.54) is 42.1 Å². The van der Waals surface area contributed by atoms with E-state index in [1.807, 2.05) is 6.07 Å². The van der Waals surface area contributed by atoms with Crippen molar-refractivity contribution in [2.75, 3.05) is 0 Å². The van der Waals surface area contributed by atoms with Gasteiger partial charge in [-0.15, -0.1) is 11.3 Å². The Morgan fingerprint density at radius 2 is 1.22 bits per heavy atom. The van der Waals surface area contributed by atoms with Crippen molar-refractivity contribution in [3.05, 3.63) is 120 Å². The monoisotopic (exact) mass is 498 g/mol. The van der Waals surface area contributed by atoms with E-state index in [4.69, 9.17) is 16.6 Å². The molecule has 0 radical (unpaired) electrons. The molecule has 0 N–H and O–H groups in total. The molecule has 0 atom stereocenters. The maximum absolute atomic E-state index is 6.56. The zero-order chi connectivity index (χ0) is 24.1. The van der Waals surface area contributed by atoms with Gasteiger partial charge in [0.05, 0.1) is 5.69 Å². The molecule has 170 valence electrons. The Balaban J connectivity index is 1.43. The quantitative estimate of drug-likeness (QED) is 0.226. The number of nitrogens with zero attached hydrogens (tertiary/aromatic N) is 2. The van der Waals surface area contributed by atoms with Gasteiger partial charge in [-0.05, 0) is 34.0 Å². The number of halogens is 1. The van der Waals surface area contributed by atoms with E-state index in [2.05, 4.69) is 114 Å². The molecule has 0 bridgehead atoms. The van der Waals surface area contributed by atoms with Gasteiger partial charge < -0.3 is 0 Å². The van der Waals surface area contributed by atoms with Crippen molar-refractivity contribution in [3.63, 3.8) is 0 Å². The Kier molecular flexibility index (Phi) is 5.05. The van der Waals surface area contributed by atoms with Gasteiger partial charge in [0, 0.05) is 37.4 Å². The lowest BCUT2D eigenvalue weighted by atomic mass is 10.0. The minimum absolute atomic E-state index is 0.436. The van der Waals surface area contributed by atoms with Crippen LogP contribution in [0.25, 0.3) is 64.7 Å². The molecule has 0 fully saturated rings. The highest BCUT2D eigenvalue weighted by Crippen LogP contribution is 2.43. The fourth-order valence-corrected chi connectivity index (χ4v) is 6.40. The van der Waals surface area contributed by atoms with Crippen molar-refractivity contribution in [2.24, 2.45) is 0 Å². The molecule has 0 aliphatic rings. The zero-order valence-electron chi connectivity index (χ0n) is 19.2. The fourth-order valence-electron chi connectivity index (χ4n) is 4.88. The smallest absolute Gasteiger partial charge is 0.162 e. The Morgan fingerprint density at radius 3 is 2.03 bits per heavy atom. The SMILES string of the molecule is Clc1cc(-c2ccc3ccccc3c2)nc(-c2cccc3c2sc2c(-c4ccccc4)cccc23)n1. The van der Waals surface area contributed by atoms with Crippen molar-refractivity contribution in [1.82, 2.24) is 9.97 Å². The maximum Gasteiger partial charge on any atom is 0.162 e. The lowest BCUT2D eigenvalue weighted by Gasteiger charge is -2.08. The van der Waals surface area contributed by atoms with Gasteiger partial charge in [-0.2, -0.15) is 0 Å². The number of aromatic nitrogens is 2. The van der Waals surface area contributed by atoms with Gasteiger partial charge in [-0.3, -0.25) is 0 Å². The van der Waals surface area contributed by atoms with Crippen LogP contribution < -0.4 is 0 Å². The van der Waals surface area contributed by atoms with Gasteiger partial charge in [0.15, 0.2) is 5.82 Å². The topological polar surface area (TPSA) is 25.8 Å². The average molecular weight is 499 g/mol. The molecular weight excluding hydrogens is 480 g/mol. The van der Waals surface area contributed by atoms with E-state index < -0.39 is 0 Å². The molecule has 0 saturated carbocycles. The molecule has 0 spiro atoms. The minimum Gasteiger partial charge on any atom is -0.228 e. The van der Waals surface area contributed by atoms with Crippen molar-refractivity contribution in [3.8, 4) is 33.8 Å². The maximum atomic E-state index is 6.56. The summed E-state index contributed by atoms with van der Waals surface area (Å²) in [6, 6.07) is 40.0. The van der Waals surface area contributed by atoms with Crippen LogP contribution in [0.5, 0.6) is 0 Å². The van der Waals surface area contributed by atoms with Crippen LogP contribution in [-0.2, 0) is 0 Å². The highest BCUT2D eigenvalue weighted by molar-refractivity contribution is 7.26. The number of hydrogen-bond acceptors (Lipinski definition) is 3. The molecular formula is C32H19ClN2S. The largest absolute Gasteiger partial charge is 0.228 e. The molecule has 0 aliphatic heterocycles. The summed E-state index contributed by atoms with van der Waals surface area (Å²) in [6.07, 6.45) is 0. The number of fused-ring (bicyclic) bond motifs is 4. The van der Waals surface area contributed by atoms with Gasteiger partial charge in [-0.25, -0.2) is 9.97 Å². The van der Waals surface area contributed by atoms with Crippen molar-refractivity contribution in [2.45, 2.75) is 0 Å². The molecule has 0 aliphatic carbocycles. The summed E-state index contributed by atoms with van der Waals surface area (Å²) >= 11 is 8.35. The Bertz CT molecular complexity index is 1910. The zero-order valence-corrected chi connectivity index (χ0v) is 20.7. The molecule has 2 aromatic heterocycles. The number of benzene rings is 5. The first-order valence-electron chi connectivity index (χ1n) is 11.8. The predicted octanol–water partition coefficient (Wildman–Crippen LogP) is 9.65. The van der Waals surface area contributed by atoms with E-state index >= 15 is 0 Å². The lowest BCUT2D eigenvalue weighted by molar-refractivity contribution is 1.19. The molecule has 7 rings (SSSR count). The average Bonchev–Trinajstić information content (AvgIpc) is 3.32. The fraction of sp³-hybridized carbons (Fsp3) is 0. The second kappa shape index (κ2) is 8.56. The first-order valence-corrected chi connectivity index (χ1v) is 13.0. The van der Waals surface area contributed by atoms with Crippen LogP contribution in [0, 0.1) is 0 Å². The van der Waals surface area contributed by atoms with Gasteiger partial charge in [0.25, 0.3) is 0 Å². The minimum atomic E-state index is 0.436. The molecule has 7 aromatic rings. The molecule has 0 unspecified atom stereocenters. The summed E-state index contributed by atoms with van der Waals surface area (Å²) in [6.45, 7) is 0. The van der Waals surface area contributed by atoms with Gasteiger partial charge in [0.2, 0.25) is 0 Å². The van der Waals surface area contributed by atoms with E-state index in [-0.39, 0.29) is 0 Å². The summed E-state index contributed by atoms with van der Waals surface area (Å²) in [5.74, 6) is 0.643.